The highest BCUT2D eigenvalue weighted by atomic mass is 16.5. The van der Waals surface area contributed by atoms with Crippen LogP contribution in [-0.4, -0.2) is 12.6 Å². The maximum absolute atomic E-state index is 11.7. The second-order valence-electron chi connectivity index (χ2n) is 5.01. The fourth-order valence-electron chi connectivity index (χ4n) is 1.75. The fourth-order valence-corrected chi connectivity index (χ4v) is 1.75. The summed E-state index contributed by atoms with van der Waals surface area (Å²) in [5, 5.41) is 9.11. The van der Waals surface area contributed by atoms with Crippen LogP contribution in [0.2, 0.25) is 0 Å². The van der Waals surface area contributed by atoms with Crippen molar-refractivity contribution in [2.75, 3.05) is 6.61 Å². The summed E-state index contributed by atoms with van der Waals surface area (Å²) in [7, 11) is 0. The molecular weight excluding hydrogens is 214 g/mol. The Morgan fingerprint density at radius 2 is 1.65 bits per heavy atom. The molecule has 0 rings (SSSR count). The van der Waals surface area contributed by atoms with E-state index in [-0.39, 0.29) is 5.57 Å². The van der Waals surface area contributed by atoms with E-state index in [1.165, 1.54) is 0 Å². The van der Waals surface area contributed by atoms with E-state index >= 15 is 0 Å². The van der Waals surface area contributed by atoms with Gasteiger partial charge in [0.2, 0.25) is 0 Å². The summed E-state index contributed by atoms with van der Waals surface area (Å²) in [6, 6.07) is 2.00. The average Bonchev–Trinajstić information content (AvgIpc) is 2.16. The Labute approximate surface area is 104 Å². The SMILES string of the molecule is CCOC(=O)C(C#N)=C(CC(C)C)CC(C)C. The molecule has 0 saturated heterocycles. The van der Waals surface area contributed by atoms with E-state index in [4.69, 9.17) is 10.00 Å². The Morgan fingerprint density at radius 3 is 1.94 bits per heavy atom. The van der Waals surface area contributed by atoms with Gasteiger partial charge < -0.3 is 4.74 Å². The number of hydrogen-bond acceptors (Lipinski definition) is 3. The zero-order valence-corrected chi connectivity index (χ0v) is 11.5. The van der Waals surface area contributed by atoms with Crippen LogP contribution in [0.3, 0.4) is 0 Å². The number of nitriles is 1. The highest BCUT2D eigenvalue weighted by molar-refractivity contribution is 5.93. The van der Waals surface area contributed by atoms with Crippen LogP contribution in [0.5, 0.6) is 0 Å². The normalized spacial score (nSPS) is 10.2. The molecule has 3 heteroatoms. The first kappa shape index (κ1) is 15.7. The van der Waals surface area contributed by atoms with Gasteiger partial charge in [-0.25, -0.2) is 4.79 Å². The van der Waals surface area contributed by atoms with Crippen molar-refractivity contribution in [1.82, 2.24) is 0 Å². The summed E-state index contributed by atoms with van der Waals surface area (Å²) in [4.78, 5) is 11.7. The molecular formula is C14H23NO2. The van der Waals surface area contributed by atoms with E-state index in [0.717, 1.165) is 18.4 Å². The van der Waals surface area contributed by atoms with Crippen molar-refractivity contribution in [3.05, 3.63) is 11.1 Å². The van der Waals surface area contributed by atoms with Crippen LogP contribution < -0.4 is 0 Å². The molecule has 0 aromatic carbocycles. The number of hydrogen-bond donors (Lipinski definition) is 0. The molecule has 0 amide bonds. The largest absolute Gasteiger partial charge is 0.462 e. The molecule has 0 aliphatic carbocycles. The summed E-state index contributed by atoms with van der Waals surface area (Å²) in [5.41, 5.74) is 1.13. The van der Waals surface area contributed by atoms with E-state index in [1.54, 1.807) is 6.92 Å². The van der Waals surface area contributed by atoms with E-state index < -0.39 is 5.97 Å². The average molecular weight is 237 g/mol. The molecule has 0 bridgehead atoms. The minimum atomic E-state index is -0.480. The smallest absolute Gasteiger partial charge is 0.348 e. The van der Waals surface area contributed by atoms with E-state index in [1.807, 2.05) is 6.07 Å². The Hall–Kier alpha value is -1.30. The Morgan fingerprint density at radius 1 is 1.18 bits per heavy atom. The number of ether oxygens (including phenoxy) is 1. The molecule has 96 valence electrons. The third kappa shape index (κ3) is 6.11. The number of esters is 1. The highest BCUT2D eigenvalue weighted by Gasteiger charge is 2.18. The van der Waals surface area contributed by atoms with Gasteiger partial charge in [0.05, 0.1) is 6.61 Å². The molecule has 0 saturated carbocycles. The Bertz CT molecular complexity index is 310. The molecule has 0 unspecified atom stereocenters. The third-order valence-corrected chi connectivity index (χ3v) is 2.25. The summed E-state index contributed by atoms with van der Waals surface area (Å²) < 4.78 is 4.92. The molecule has 17 heavy (non-hydrogen) atoms. The molecule has 0 radical (unpaired) electrons. The Balaban J connectivity index is 5.14. The molecule has 0 fully saturated rings. The number of rotatable bonds is 6. The first-order valence-corrected chi connectivity index (χ1v) is 6.21. The van der Waals surface area contributed by atoms with Crippen molar-refractivity contribution in [2.24, 2.45) is 11.8 Å². The lowest BCUT2D eigenvalue weighted by atomic mass is 9.91. The highest BCUT2D eigenvalue weighted by Crippen LogP contribution is 2.23. The minimum absolute atomic E-state index is 0.203. The van der Waals surface area contributed by atoms with Gasteiger partial charge in [-0.2, -0.15) is 5.26 Å². The molecule has 0 heterocycles. The monoisotopic (exact) mass is 237 g/mol. The lowest BCUT2D eigenvalue weighted by Crippen LogP contribution is -2.11. The number of nitrogens with zero attached hydrogens (tertiary/aromatic N) is 1. The van der Waals surface area contributed by atoms with Gasteiger partial charge >= 0.3 is 5.97 Å². The third-order valence-electron chi connectivity index (χ3n) is 2.25. The maximum atomic E-state index is 11.7. The standard InChI is InChI=1S/C14H23NO2/c1-6-17-14(16)13(9-15)12(7-10(2)3)8-11(4)5/h10-11H,6-8H2,1-5H3. The molecule has 0 spiro atoms. The van der Waals surface area contributed by atoms with Crippen LogP contribution in [0.25, 0.3) is 0 Å². The van der Waals surface area contributed by atoms with Gasteiger partial charge in [-0.05, 0) is 37.2 Å². The second-order valence-corrected chi connectivity index (χ2v) is 5.01. The molecule has 0 aliphatic heterocycles. The number of carbonyl (C=O) groups is 1. The van der Waals surface area contributed by atoms with Crippen LogP contribution in [0.4, 0.5) is 0 Å². The molecule has 0 atom stereocenters. The van der Waals surface area contributed by atoms with E-state index in [9.17, 15) is 4.79 Å². The van der Waals surface area contributed by atoms with Crippen molar-refractivity contribution in [3.63, 3.8) is 0 Å². The molecule has 0 aromatic heterocycles. The predicted molar refractivity (Wildman–Crippen MR) is 68.2 cm³/mol. The first-order chi connectivity index (χ1) is 7.92. The first-order valence-electron chi connectivity index (χ1n) is 6.21. The van der Waals surface area contributed by atoms with Crippen LogP contribution in [0.1, 0.15) is 47.5 Å². The predicted octanol–water partition coefficient (Wildman–Crippen LogP) is 3.46. The van der Waals surface area contributed by atoms with Crippen LogP contribution in [0.15, 0.2) is 11.1 Å². The fraction of sp³-hybridized carbons (Fsp3) is 0.714. The zero-order valence-electron chi connectivity index (χ0n) is 11.5. The molecule has 3 nitrogen and oxygen atoms in total. The lowest BCUT2D eigenvalue weighted by Gasteiger charge is -2.14. The van der Waals surface area contributed by atoms with Crippen molar-refractivity contribution >= 4 is 5.97 Å². The van der Waals surface area contributed by atoms with Crippen molar-refractivity contribution < 1.29 is 9.53 Å². The summed E-state index contributed by atoms with van der Waals surface area (Å²) in [6.45, 7) is 10.4. The Kier molecular flexibility index (Phi) is 7.29. The maximum Gasteiger partial charge on any atom is 0.348 e. The second kappa shape index (κ2) is 7.89. The van der Waals surface area contributed by atoms with E-state index in [2.05, 4.69) is 27.7 Å². The quantitative estimate of drug-likeness (QED) is 0.404. The van der Waals surface area contributed by atoms with Gasteiger partial charge in [-0.1, -0.05) is 27.7 Å². The van der Waals surface area contributed by atoms with Gasteiger partial charge in [0.1, 0.15) is 11.6 Å². The number of carbonyl (C=O) groups excluding carboxylic acids is 1. The minimum Gasteiger partial charge on any atom is -0.462 e. The van der Waals surface area contributed by atoms with Gasteiger partial charge in [-0.15, -0.1) is 0 Å². The molecule has 0 aromatic rings. The van der Waals surface area contributed by atoms with Crippen molar-refractivity contribution in [3.8, 4) is 6.07 Å². The van der Waals surface area contributed by atoms with Crippen molar-refractivity contribution in [1.29, 1.82) is 5.26 Å². The topological polar surface area (TPSA) is 50.1 Å². The van der Waals surface area contributed by atoms with Crippen LogP contribution >= 0.6 is 0 Å². The van der Waals surface area contributed by atoms with Crippen LogP contribution in [0, 0.1) is 23.2 Å². The van der Waals surface area contributed by atoms with Gasteiger partial charge in [0.25, 0.3) is 0 Å². The zero-order chi connectivity index (χ0) is 13.4. The van der Waals surface area contributed by atoms with E-state index in [0.29, 0.717) is 18.4 Å². The summed E-state index contributed by atoms with van der Waals surface area (Å²) in [5.74, 6) is 0.384. The summed E-state index contributed by atoms with van der Waals surface area (Å²) >= 11 is 0. The molecule has 0 N–H and O–H groups in total. The van der Waals surface area contributed by atoms with Gasteiger partial charge in [0, 0.05) is 0 Å². The van der Waals surface area contributed by atoms with Crippen molar-refractivity contribution in [2.45, 2.75) is 47.5 Å². The van der Waals surface area contributed by atoms with Crippen LogP contribution in [-0.2, 0) is 9.53 Å². The van der Waals surface area contributed by atoms with Gasteiger partial charge in [0.15, 0.2) is 0 Å². The van der Waals surface area contributed by atoms with Gasteiger partial charge in [-0.3, -0.25) is 0 Å². The lowest BCUT2D eigenvalue weighted by molar-refractivity contribution is -0.138. The molecule has 0 aliphatic rings. The summed E-state index contributed by atoms with van der Waals surface area (Å²) in [6.07, 6.45) is 1.56. The number of allylic oxidation sites excluding steroid dienone is 1.